The summed E-state index contributed by atoms with van der Waals surface area (Å²) in [7, 11) is 0. The fraction of sp³-hybridized carbons (Fsp3) is 0.179. The van der Waals surface area contributed by atoms with Crippen molar-refractivity contribution >= 4 is 11.4 Å². The number of hydrogen-bond donors (Lipinski definition) is 1. The van der Waals surface area contributed by atoms with Crippen LogP contribution < -0.4 is 5.32 Å². The number of halogens is 1. The quantitative estimate of drug-likeness (QED) is 0.480. The van der Waals surface area contributed by atoms with Crippen molar-refractivity contribution in [2.24, 2.45) is 0 Å². The molecule has 0 heterocycles. The molecule has 1 aliphatic rings. The second kappa shape index (κ2) is 11.7. The zero-order chi connectivity index (χ0) is 22.8. The van der Waals surface area contributed by atoms with Crippen LogP contribution >= 0.6 is 0 Å². The second-order valence-corrected chi connectivity index (χ2v) is 7.40. The van der Waals surface area contributed by atoms with Crippen LogP contribution in [-0.2, 0) is 17.8 Å². The minimum Gasteiger partial charge on any atom is -0.384 e. The van der Waals surface area contributed by atoms with E-state index in [9.17, 15) is 9.18 Å². The lowest BCUT2D eigenvalue weighted by Gasteiger charge is -2.09. The van der Waals surface area contributed by atoms with Crippen LogP contribution in [0.25, 0.3) is 5.57 Å². The van der Waals surface area contributed by atoms with Crippen molar-refractivity contribution in [3.63, 3.8) is 0 Å². The molecule has 0 saturated carbocycles. The van der Waals surface area contributed by atoms with Crippen LogP contribution in [0.1, 0.15) is 40.3 Å². The third-order valence-corrected chi connectivity index (χ3v) is 5.03. The second-order valence-electron chi connectivity index (χ2n) is 7.40. The number of carbonyl (C=O) groups is 1. The Bertz CT molecular complexity index is 1050. The smallest absolute Gasteiger partial charge is 0.160 e. The van der Waals surface area contributed by atoms with E-state index in [0.717, 1.165) is 40.9 Å². The molecule has 0 spiro atoms. The first-order valence-electron chi connectivity index (χ1n) is 10.3. The highest BCUT2D eigenvalue weighted by Gasteiger charge is 2.17. The maximum absolute atomic E-state index is 12.9. The van der Waals surface area contributed by atoms with Gasteiger partial charge in [-0.2, -0.15) is 0 Å². The van der Waals surface area contributed by atoms with Crippen LogP contribution in [0.4, 0.5) is 4.39 Å². The molecule has 3 heteroatoms. The average Bonchev–Trinajstić information content (AvgIpc) is 3.20. The first-order valence-corrected chi connectivity index (χ1v) is 10.3. The van der Waals surface area contributed by atoms with Gasteiger partial charge < -0.3 is 5.32 Å². The number of rotatable bonds is 7. The van der Waals surface area contributed by atoms with Gasteiger partial charge in [0.05, 0.1) is 0 Å². The highest BCUT2D eigenvalue weighted by Crippen LogP contribution is 2.28. The van der Waals surface area contributed by atoms with Crippen molar-refractivity contribution in [2.75, 3.05) is 0 Å². The van der Waals surface area contributed by atoms with E-state index in [0.29, 0.717) is 5.57 Å². The summed E-state index contributed by atoms with van der Waals surface area (Å²) >= 11 is 0. The lowest BCUT2D eigenvalue weighted by Crippen LogP contribution is -2.11. The molecule has 0 radical (unpaired) electrons. The lowest BCUT2D eigenvalue weighted by molar-refractivity contribution is -0.111. The lowest BCUT2D eigenvalue weighted by atomic mass is 10.0. The Morgan fingerprint density at radius 1 is 1.10 bits per heavy atom. The van der Waals surface area contributed by atoms with Crippen molar-refractivity contribution in [3.8, 4) is 0 Å². The summed E-state index contributed by atoms with van der Waals surface area (Å²) in [5, 5.41) is 3.41. The predicted molar refractivity (Wildman–Crippen MR) is 133 cm³/mol. The van der Waals surface area contributed by atoms with E-state index >= 15 is 0 Å². The van der Waals surface area contributed by atoms with Gasteiger partial charge in [0.25, 0.3) is 0 Å². The Morgan fingerprint density at radius 3 is 2.42 bits per heavy atom. The zero-order valence-corrected chi connectivity index (χ0v) is 18.5. The largest absolute Gasteiger partial charge is 0.384 e. The van der Waals surface area contributed by atoms with Crippen LogP contribution in [-0.4, -0.2) is 5.78 Å². The van der Waals surface area contributed by atoms with Crippen LogP contribution in [0.2, 0.25) is 0 Å². The van der Waals surface area contributed by atoms with Crippen LogP contribution in [0.15, 0.2) is 103 Å². The molecule has 0 fully saturated rings. The number of Topliss-reactive ketones (excluding diaryl/α,β-unsaturated/α-hetero) is 1. The number of benzene rings is 2. The molecular weight excluding hydrogens is 385 g/mol. The van der Waals surface area contributed by atoms with E-state index in [2.05, 4.69) is 43.6 Å². The van der Waals surface area contributed by atoms with Gasteiger partial charge in [-0.05, 0) is 61.6 Å². The maximum Gasteiger partial charge on any atom is 0.160 e. The molecule has 0 aliphatic heterocycles. The summed E-state index contributed by atoms with van der Waals surface area (Å²) < 4.78 is 12.9. The van der Waals surface area contributed by atoms with Gasteiger partial charge in [0.1, 0.15) is 5.82 Å². The molecule has 164 valence electrons. The van der Waals surface area contributed by atoms with E-state index in [4.69, 9.17) is 0 Å². The highest BCUT2D eigenvalue weighted by atomic mass is 19.1. The number of nitrogens with one attached hydrogen (secondary N) is 1. The Kier molecular flexibility index (Phi) is 8.95. The van der Waals surface area contributed by atoms with Crippen molar-refractivity contribution in [1.29, 1.82) is 0 Å². The van der Waals surface area contributed by atoms with Gasteiger partial charge in [-0.3, -0.25) is 4.79 Å². The van der Waals surface area contributed by atoms with E-state index in [1.165, 1.54) is 24.6 Å². The molecule has 2 aromatic carbocycles. The summed E-state index contributed by atoms with van der Waals surface area (Å²) in [5.41, 5.74) is 7.06. The normalized spacial score (nSPS) is 13.2. The molecule has 1 aliphatic carbocycles. The Hall–Kier alpha value is -3.46. The molecule has 3 rings (SSSR count). The summed E-state index contributed by atoms with van der Waals surface area (Å²) in [6.07, 6.45) is 8.37. The van der Waals surface area contributed by atoms with Gasteiger partial charge in [0.15, 0.2) is 5.78 Å². The minimum atomic E-state index is -0.284. The Morgan fingerprint density at radius 2 is 1.81 bits per heavy atom. The summed E-state index contributed by atoms with van der Waals surface area (Å²) in [6.45, 7) is 14.0. The van der Waals surface area contributed by atoms with E-state index < -0.39 is 0 Å². The Balaban J connectivity index is 0.000000608. The molecule has 0 saturated heterocycles. The van der Waals surface area contributed by atoms with Gasteiger partial charge in [-0.25, -0.2) is 4.39 Å². The monoisotopic (exact) mass is 419 g/mol. The molecule has 0 atom stereocenters. The Labute approximate surface area is 188 Å². The molecular formula is C28H34FNO. The number of hydrogen-bond acceptors (Lipinski definition) is 2. The number of fused-ring (bicyclic) bond motifs is 1. The molecule has 2 nitrogen and oxygen atoms in total. The average molecular weight is 420 g/mol. The number of ketones is 1. The van der Waals surface area contributed by atoms with E-state index in [1.807, 2.05) is 43.4 Å². The first-order chi connectivity index (χ1) is 14.8. The first kappa shape index (κ1) is 23.8. The fourth-order valence-corrected chi connectivity index (χ4v) is 3.19. The fourth-order valence-electron chi connectivity index (χ4n) is 3.19. The molecule has 0 amide bonds. The third-order valence-electron chi connectivity index (χ3n) is 5.03. The van der Waals surface area contributed by atoms with E-state index in [-0.39, 0.29) is 14.5 Å². The molecule has 0 aromatic heterocycles. The van der Waals surface area contributed by atoms with Gasteiger partial charge in [-0.1, -0.05) is 79.4 Å². The van der Waals surface area contributed by atoms with Crippen molar-refractivity contribution in [1.82, 2.24) is 5.32 Å². The topological polar surface area (TPSA) is 29.1 Å². The standard InChI is InChI=1S/C17H21N.C11H9FO.2H2/c1-5-14(3)12-17(6-2)15(4)18-13-16-10-8-7-9-11-16;1-7(13)10-5-3-8-2-4-9(12)6-11(8)10;;/h5-12,18H,1-2,13H2,3-4H3;2,4-6H,3H2,1H3;2*1H/b14-12-,17-15+;;;. The minimum absolute atomic E-state index is 0. The molecule has 1 N–H and O–H groups in total. The van der Waals surface area contributed by atoms with Crippen molar-refractivity contribution < 1.29 is 12.0 Å². The van der Waals surface area contributed by atoms with E-state index in [1.54, 1.807) is 6.07 Å². The van der Waals surface area contributed by atoms with Crippen LogP contribution in [0.3, 0.4) is 0 Å². The molecule has 2 aromatic rings. The van der Waals surface area contributed by atoms with Crippen LogP contribution in [0.5, 0.6) is 0 Å². The summed E-state index contributed by atoms with van der Waals surface area (Å²) in [5.74, 6) is -0.280. The third kappa shape index (κ3) is 7.07. The van der Waals surface area contributed by atoms with Crippen LogP contribution in [0, 0.1) is 5.82 Å². The predicted octanol–water partition coefficient (Wildman–Crippen LogP) is 7.21. The summed E-state index contributed by atoms with van der Waals surface area (Å²) in [6, 6.07) is 14.9. The van der Waals surface area contributed by atoms with Gasteiger partial charge >= 0.3 is 0 Å². The molecule has 0 bridgehead atoms. The van der Waals surface area contributed by atoms with Gasteiger partial charge in [0, 0.05) is 20.7 Å². The summed E-state index contributed by atoms with van der Waals surface area (Å²) in [4.78, 5) is 11.1. The van der Waals surface area contributed by atoms with Crippen molar-refractivity contribution in [3.05, 3.63) is 125 Å². The number of allylic oxidation sites excluding steroid dienone is 8. The zero-order valence-electron chi connectivity index (χ0n) is 18.5. The van der Waals surface area contributed by atoms with Gasteiger partial charge in [-0.15, -0.1) is 0 Å². The maximum atomic E-state index is 12.9. The number of carbonyl (C=O) groups excluding carboxylic acids is 1. The molecule has 0 unspecified atom stereocenters. The van der Waals surface area contributed by atoms with Gasteiger partial charge in [0.2, 0.25) is 0 Å². The molecule has 31 heavy (non-hydrogen) atoms. The SMILES string of the molecule is C=C/C(C)=C\C(C=C)=C(/C)NCc1ccccc1.CC(=O)C1=CCc2ccc(F)cc21.[HH].[HH]. The highest BCUT2D eigenvalue weighted by molar-refractivity contribution is 6.20. The van der Waals surface area contributed by atoms with Crippen molar-refractivity contribution in [2.45, 2.75) is 33.7 Å².